The van der Waals surface area contributed by atoms with E-state index >= 15 is 0 Å². The topological polar surface area (TPSA) is 66.4 Å². The molecule has 1 fully saturated rings. The second-order valence-corrected chi connectivity index (χ2v) is 4.85. The van der Waals surface area contributed by atoms with Crippen LogP contribution in [-0.4, -0.2) is 23.0 Å². The van der Waals surface area contributed by atoms with Crippen molar-refractivity contribution in [3.8, 4) is 12.3 Å². The lowest BCUT2D eigenvalue weighted by atomic mass is 9.78. The number of rotatable bonds is 5. The molecule has 0 radical (unpaired) electrons. The van der Waals surface area contributed by atoms with E-state index in [1.54, 1.807) is 0 Å². The van der Waals surface area contributed by atoms with E-state index in [-0.39, 0.29) is 11.9 Å². The molecule has 18 heavy (non-hydrogen) atoms. The normalized spacial score (nSPS) is 24.9. The third-order valence-electron chi connectivity index (χ3n) is 3.51. The van der Waals surface area contributed by atoms with Crippen LogP contribution in [-0.2, 0) is 9.59 Å². The lowest BCUT2D eigenvalue weighted by Crippen LogP contribution is -2.43. The van der Waals surface area contributed by atoms with E-state index in [0.29, 0.717) is 12.8 Å². The van der Waals surface area contributed by atoms with Gasteiger partial charge in [-0.15, -0.1) is 6.42 Å². The minimum atomic E-state index is -0.873. The summed E-state index contributed by atoms with van der Waals surface area (Å²) in [5.74, 6) is 0.486. The fraction of sp³-hybridized carbons (Fsp3) is 0.714. The van der Waals surface area contributed by atoms with Crippen LogP contribution in [0.15, 0.2) is 0 Å². The summed E-state index contributed by atoms with van der Waals surface area (Å²) in [6.07, 6.45) is 10.00. The van der Waals surface area contributed by atoms with Crippen LogP contribution in [0.5, 0.6) is 0 Å². The number of amides is 1. The van der Waals surface area contributed by atoms with Crippen molar-refractivity contribution in [2.45, 2.75) is 51.5 Å². The molecule has 2 N–H and O–H groups in total. The molecule has 1 rings (SSSR count). The Labute approximate surface area is 108 Å². The zero-order chi connectivity index (χ0) is 13.5. The molecule has 3 atom stereocenters. The maximum Gasteiger partial charge on any atom is 0.307 e. The zero-order valence-electron chi connectivity index (χ0n) is 10.8. The Morgan fingerprint density at radius 2 is 2.00 bits per heavy atom. The highest BCUT2D eigenvalue weighted by atomic mass is 16.4. The minimum absolute atomic E-state index is 0.196. The quantitative estimate of drug-likeness (QED) is 0.732. The monoisotopic (exact) mass is 251 g/mol. The first-order valence-electron chi connectivity index (χ1n) is 6.59. The molecule has 1 aliphatic carbocycles. The highest BCUT2D eigenvalue weighted by molar-refractivity contribution is 5.85. The highest BCUT2D eigenvalue weighted by Crippen LogP contribution is 2.30. The van der Waals surface area contributed by atoms with E-state index < -0.39 is 17.8 Å². The van der Waals surface area contributed by atoms with Crippen molar-refractivity contribution in [3.05, 3.63) is 0 Å². The van der Waals surface area contributed by atoms with Gasteiger partial charge in [-0.25, -0.2) is 0 Å². The summed E-state index contributed by atoms with van der Waals surface area (Å²) in [7, 11) is 0. The van der Waals surface area contributed by atoms with Gasteiger partial charge in [-0.1, -0.05) is 32.1 Å². The van der Waals surface area contributed by atoms with Gasteiger partial charge in [0.25, 0.3) is 0 Å². The van der Waals surface area contributed by atoms with Gasteiger partial charge < -0.3 is 10.4 Å². The molecule has 0 heterocycles. The predicted molar refractivity (Wildman–Crippen MR) is 68.8 cm³/mol. The third kappa shape index (κ3) is 3.76. The van der Waals surface area contributed by atoms with Gasteiger partial charge in [0.1, 0.15) is 0 Å². The average Bonchev–Trinajstić information content (AvgIpc) is 2.38. The SMILES string of the molecule is C#CC(CCC)NC(=O)[C@@H]1CCCC[C@@H]1C(=O)O. The number of carbonyl (C=O) groups excluding carboxylic acids is 1. The largest absolute Gasteiger partial charge is 0.481 e. The fourth-order valence-electron chi connectivity index (χ4n) is 2.50. The fourth-order valence-corrected chi connectivity index (χ4v) is 2.50. The van der Waals surface area contributed by atoms with Crippen LogP contribution in [0.1, 0.15) is 45.4 Å². The number of nitrogens with one attached hydrogen (secondary N) is 1. The van der Waals surface area contributed by atoms with E-state index in [0.717, 1.165) is 25.7 Å². The van der Waals surface area contributed by atoms with Crippen molar-refractivity contribution in [1.82, 2.24) is 5.32 Å². The van der Waals surface area contributed by atoms with E-state index in [9.17, 15) is 9.59 Å². The Hall–Kier alpha value is -1.50. The first kappa shape index (κ1) is 14.6. The lowest BCUT2D eigenvalue weighted by molar-refractivity contribution is -0.149. The van der Waals surface area contributed by atoms with Crippen LogP contribution in [0, 0.1) is 24.2 Å². The summed E-state index contributed by atoms with van der Waals surface area (Å²) < 4.78 is 0. The van der Waals surface area contributed by atoms with Gasteiger partial charge in [0.15, 0.2) is 0 Å². The smallest absolute Gasteiger partial charge is 0.307 e. The van der Waals surface area contributed by atoms with Crippen molar-refractivity contribution in [3.63, 3.8) is 0 Å². The van der Waals surface area contributed by atoms with Crippen LogP contribution in [0.4, 0.5) is 0 Å². The van der Waals surface area contributed by atoms with Gasteiger partial charge >= 0.3 is 5.97 Å². The second-order valence-electron chi connectivity index (χ2n) is 4.85. The molecular formula is C14H21NO3. The van der Waals surface area contributed by atoms with Crippen LogP contribution in [0.2, 0.25) is 0 Å². The van der Waals surface area contributed by atoms with Crippen molar-refractivity contribution >= 4 is 11.9 Å². The molecule has 1 aliphatic rings. The molecule has 0 aromatic heterocycles. The average molecular weight is 251 g/mol. The van der Waals surface area contributed by atoms with Crippen LogP contribution in [0.3, 0.4) is 0 Å². The van der Waals surface area contributed by atoms with Gasteiger partial charge in [0, 0.05) is 0 Å². The molecular weight excluding hydrogens is 230 g/mol. The molecule has 4 heteroatoms. The summed E-state index contributed by atoms with van der Waals surface area (Å²) in [5, 5.41) is 11.9. The number of carbonyl (C=O) groups is 2. The number of aliphatic carboxylic acids is 1. The number of carboxylic acids is 1. The Bertz CT molecular complexity index is 345. The van der Waals surface area contributed by atoms with E-state index in [1.165, 1.54) is 0 Å². The highest BCUT2D eigenvalue weighted by Gasteiger charge is 2.36. The number of carboxylic acid groups (broad SMARTS) is 1. The Kier molecular flexibility index (Phi) is 5.70. The molecule has 4 nitrogen and oxygen atoms in total. The molecule has 0 aromatic rings. The molecule has 100 valence electrons. The van der Waals surface area contributed by atoms with Crippen molar-refractivity contribution in [2.24, 2.45) is 11.8 Å². The van der Waals surface area contributed by atoms with Gasteiger partial charge in [0.05, 0.1) is 17.9 Å². The molecule has 0 aliphatic heterocycles. The molecule has 1 amide bonds. The maximum atomic E-state index is 12.1. The summed E-state index contributed by atoms with van der Waals surface area (Å²) >= 11 is 0. The number of hydrogen-bond donors (Lipinski definition) is 2. The first-order valence-corrected chi connectivity index (χ1v) is 6.59. The maximum absolute atomic E-state index is 12.1. The molecule has 1 unspecified atom stereocenters. The molecule has 1 saturated carbocycles. The zero-order valence-corrected chi connectivity index (χ0v) is 10.8. The van der Waals surface area contributed by atoms with E-state index in [1.807, 2.05) is 6.92 Å². The van der Waals surface area contributed by atoms with Gasteiger partial charge in [-0.3, -0.25) is 9.59 Å². The van der Waals surface area contributed by atoms with E-state index in [4.69, 9.17) is 11.5 Å². The molecule has 0 spiro atoms. The molecule has 0 aromatic carbocycles. The Morgan fingerprint density at radius 3 is 2.50 bits per heavy atom. The van der Waals surface area contributed by atoms with Gasteiger partial charge in [0.2, 0.25) is 5.91 Å². The van der Waals surface area contributed by atoms with Crippen molar-refractivity contribution < 1.29 is 14.7 Å². The predicted octanol–water partition coefficient (Wildman–Crippen LogP) is 1.80. The Balaban J connectivity index is 2.63. The number of hydrogen-bond acceptors (Lipinski definition) is 2. The van der Waals surface area contributed by atoms with Gasteiger partial charge in [-0.2, -0.15) is 0 Å². The Morgan fingerprint density at radius 1 is 1.39 bits per heavy atom. The third-order valence-corrected chi connectivity index (χ3v) is 3.51. The lowest BCUT2D eigenvalue weighted by Gasteiger charge is -2.28. The van der Waals surface area contributed by atoms with Crippen LogP contribution in [0.25, 0.3) is 0 Å². The van der Waals surface area contributed by atoms with Crippen LogP contribution >= 0.6 is 0 Å². The summed E-state index contributed by atoms with van der Waals surface area (Å²) in [5.41, 5.74) is 0. The minimum Gasteiger partial charge on any atom is -0.481 e. The van der Waals surface area contributed by atoms with Crippen LogP contribution < -0.4 is 5.32 Å². The second kappa shape index (κ2) is 7.05. The van der Waals surface area contributed by atoms with Crippen molar-refractivity contribution in [1.29, 1.82) is 0 Å². The summed E-state index contributed by atoms with van der Waals surface area (Å²) in [4.78, 5) is 23.2. The van der Waals surface area contributed by atoms with E-state index in [2.05, 4.69) is 11.2 Å². The first-order chi connectivity index (χ1) is 8.60. The number of terminal acetylenes is 1. The summed E-state index contributed by atoms with van der Waals surface area (Å²) in [6, 6.07) is -0.279. The molecule has 0 bridgehead atoms. The standard InChI is InChI=1S/C14H21NO3/c1-3-7-10(4-2)15-13(16)11-8-5-6-9-12(11)14(17)18/h2,10-12H,3,5-9H2,1H3,(H,15,16)(H,17,18)/t10?,11-,12+/m1/s1. The van der Waals surface area contributed by atoms with Crippen molar-refractivity contribution in [2.75, 3.05) is 0 Å². The summed E-state index contributed by atoms with van der Waals surface area (Å²) in [6.45, 7) is 2.00. The molecule has 0 saturated heterocycles. The van der Waals surface area contributed by atoms with Gasteiger partial charge in [-0.05, 0) is 19.3 Å².